The highest BCUT2D eigenvalue weighted by Crippen LogP contribution is 2.20. The molecule has 3 rings (SSSR count). The first-order valence-electron chi connectivity index (χ1n) is 8.02. The largest absolute Gasteiger partial charge is 0.458 e. The first-order valence-corrected chi connectivity index (χ1v) is 8.02. The number of hydrogen-bond donors (Lipinski definition) is 1. The minimum absolute atomic E-state index is 0.377. The van der Waals surface area contributed by atoms with E-state index in [1.54, 1.807) is 24.7 Å². The lowest BCUT2D eigenvalue weighted by molar-refractivity contribution is 0.0566. The van der Waals surface area contributed by atoms with E-state index in [2.05, 4.69) is 15.1 Å². The molecular formula is C18H22N4O2. The Bertz CT molecular complexity index is 800. The Kier molecular flexibility index (Phi) is 4.49. The SMILES string of the molecule is Cc1ccc(-c2nc(CCc3cccnc3)n(CC(C)(C)O)n2)o1. The van der Waals surface area contributed by atoms with Gasteiger partial charge in [-0.15, -0.1) is 5.10 Å². The van der Waals surface area contributed by atoms with Crippen LogP contribution < -0.4 is 0 Å². The second-order valence-corrected chi connectivity index (χ2v) is 6.59. The summed E-state index contributed by atoms with van der Waals surface area (Å²) >= 11 is 0. The van der Waals surface area contributed by atoms with Crippen molar-refractivity contribution < 1.29 is 9.52 Å². The van der Waals surface area contributed by atoms with E-state index < -0.39 is 5.60 Å². The maximum absolute atomic E-state index is 10.1. The molecule has 0 bridgehead atoms. The van der Waals surface area contributed by atoms with Gasteiger partial charge in [-0.25, -0.2) is 9.67 Å². The number of aryl methyl sites for hydroxylation is 3. The van der Waals surface area contributed by atoms with Crippen molar-refractivity contribution in [3.8, 4) is 11.6 Å². The van der Waals surface area contributed by atoms with E-state index >= 15 is 0 Å². The number of pyridine rings is 1. The maximum atomic E-state index is 10.1. The zero-order valence-electron chi connectivity index (χ0n) is 14.2. The monoisotopic (exact) mass is 326 g/mol. The average Bonchev–Trinajstić information content (AvgIpc) is 3.11. The van der Waals surface area contributed by atoms with Gasteiger partial charge in [0.1, 0.15) is 11.6 Å². The van der Waals surface area contributed by atoms with Gasteiger partial charge in [0.05, 0.1) is 12.1 Å². The van der Waals surface area contributed by atoms with Crippen molar-refractivity contribution >= 4 is 0 Å². The van der Waals surface area contributed by atoms with Gasteiger partial charge < -0.3 is 9.52 Å². The average molecular weight is 326 g/mol. The third-order valence-electron chi connectivity index (χ3n) is 3.61. The molecule has 0 saturated heterocycles. The Morgan fingerprint density at radius 1 is 1.21 bits per heavy atom. The van der Waals surface area contributed by atoms with Gasteiger partial charge in [0, 0.05) is 18.8 Å². The fourth-order valence-electron chi connectivity index (χ4n) is 2.51. The van der Waals surface area contributed by atoms with Crippen LogP contribution in [-0.2, 0) is 19.4 Å². The zero-order valence-corrected chi connectivity index (χ0v) is 14.2. The lowest BCUT2D eigenvalue weighted by Gasteiger charge is -2.17. The highest BCUT2D eigenvalue weighted by Gasteiger charge is 2.20. The molecule has 3 heterocycles. The van der Waals surface area contributed by atoms with Crippen LogP contribution in [0.5, 0.6) is 0 Å². The highest BCUT2D eigenvalue weighted by atomic mass is 16.3. The molecule has 0 amide bonds. The van der Waals surface area contributed by atoms with Crippen LogP contribution in [-0.4, -0.2) is 30.5 Å². The number of rotatable bonds is 6. The van der Waals surface area contributed by atoms with Crippen molar-refractivity contribution in [1.29, 1.82) is 0 Å². The molecule has 3 aromatic rings. The summed E-state index contributed by atoms with van der Waals surface area (Å²) in [6.45, 7) is 5.79. The predicted octanol–water partition coefficient (Wildman–Crippen LogP) is 2.80. The molecule has 0 unspecified atom stereocenters. The molecule has 6 heteroatoms. The molecule has 0 saturated carbocycles. The molecule has 6 nitrogen and oxygen atoms in total. The molecule has 0 atom stereocenters. The van der Waals surface area contributed by atoms with E-state index in [1.807, 2.05) is 37.4 Å². The summed E-state index contributed by atoms with van der Waals surface area (Å²) in [6.07, 6.45) is 5.15. The molecule has 24 heavy (non-hydrogen) atoms. The van der Waals surface area contributed by atoms with E-state index in [9.17, 15) is 5.11 Å². The molecule has 0 fully saturated rings. The summed E-state index contributed by atoms with van der Waals surface area (Å²) in [6, 6.07) is 7.72. The van der Waals surface area contributed by atoms with E-state index in [4.69, 9.17) is 4.42 Å². The molecule has 3 aromatic heterocycles. The molecular weight excluding hydrogens is 304 g/mol. The number of nitrogens with zero attached hydrogens (tertiary/aromatic N) is 4. The number of furan rings is 1. The van der Waals surface area contributed by atoms with Crippen LogP contribution in [0.25, 0.3) is 11.6 Å². The molecule has 0 spiro atoms. The minimum atomic E-state index is -0.868. The molecule has 126 valence electrons. The Hall–Kier alpha value is -2.47. The number of aromatic nitrogens is 4. The van der Waals surface area contributed by atoms with Gasteiger partial charge in [-0.1, -0.05) is 6.07 Å². The first-order chi connectivity index (χ1) is 11.4. The number of hydrogen-bond acceptors (Lipinski definition) is 5. The first kappa shape index (κ1) is 16.4. The van der Waals surface area contributed by atoms with E-state index in [0.29, 0.717) is 24.6 Å². The van der Waals surface area contributed by atoms with Crippen LogP contribution in [0.3, 0.4) is 0 Å². The molecule has 0 aromatic carbocycles. The summed E-state index contributed by atoms with van der Waals surface area (Å²) in [5.74, 6) is 2.84. The van der Waals surface area contributed by atoms with Crippen LogP contribution in [0.1, 0.15) is 31.0 Å². The second-order valence-electron chi connectivity index (χ2n) is 6.59. The number of aliphatic hydroxyl groups is 1. The Balaban J connectivity index is 1.86. The Labute approximate surface area is 141 Å². The smallest absolute Gasteiger partial charge is 0.217 e. The Morgan fingerprint density at radius 3 is 2.67 bits per heavy atom. The van der Waals surface area contributed by atoms with Crippen molar-refractivity contribution in [3.05, 3.63) is 53.8 Å². The lowest BCUT2D eigenvalue weighted by Crippen LogP contribution is -2.28. The van der Waals surface area contributed by atoms with Crippen molar-refractivity contribution in [3.63, 3.8) is 0 Å². The minimum Gasteiger partial charge on any atom is -0.458 e. The van der Waals surface area contributed by atoms with Gasteiger partial charge >= 0.3 is 0 Å². The quantitative estimate of drug-likeness (QED) is 0.754. The normalized spacial score (nSPS) is 11.8. The zero-order chi connectivity index (χ0) is 17.2. The van der Waals surface area contributed by atoms with Gasteiger partial charge in [0.25, 0.3) is 0 Å². The summed E-state index contributed by atoms with van der Waals surface area (Å²) in [7, 11) is 0. The van der Waals surface area contributed by atoms with E-state index in [0.717, 1.165) is 23.6 Å². The van der Waals surface area contributed by atoms with Gasteiger partial charge in [0.15, 0.2) is 5.76 Å². The van der Waals surface area contributed by atoms with Crippen molar-refractivity contribution in [2.45, 2.75) is 45.8 Å². The topological polar surface area (TPSA) is 77.0 Å². The lowest BCUT2D eigenvalue weighted by atomic mass is 10.1. The predicted molar refractivity (Wildman–Crippen MR) is 90.4 cm³/mol. The van der Waals surface area contributed by atoms with Gasteiger partial charge in [-0.2, -0.15) is 0 Å². The molecule has 0 aliphatic rings. The van der Waals surface area contributed by atoms with Gasteiger partial charge in [-0.3, -0.25) is 4.98 Å². The van der Waals surface area contributed by atoms with Crippen molar-refractivity contribution in [2.24, 2.45) is 0 Å². The maximum Gasteiger partial charge on any atom is 0.217 e. The van der Waals surface area contributed by atoms with Gasteiger partial charge in [0.2, 0.25) is 5.82 Å². The van der Waals surface area contributed by atoms with Crippen molar-refractivity contribution in [2.75, 3.05) is 0 Å². The summed E-state index contributed by atoms with van der Waals surface area (Å²) in [5, 5.41) is 14.7. The second kappa shape index (κ2) is 6.57. The van der Waals surface area contributed by atoms with Crippen LogP contribution >= 0.6 is 0 Å². The van der Waals surface area contributed by atoms with Crippen molar-refractivity contribution in [1.82, 2.24) is 19.7 Å². The molecule has 1 N–H and O–H groups in total. The summed E-state index contributed by atoms with van der Waals surface area (Å²) < 4.78 is 7.39. The van der Waals surface area contributed by atoms with E-state index in [1.165, 1.54) is 0 Å². The molecule has 0 radical (unpaired) electrons. The standard InChI is InChI=1S/C18H22N4O2/c1-13-6-8-15(24-13)17-20-16(22(21-17)12-18(2,3)23)9-7-14-5-4-10-19-11-14/h4-6,8,10-11,23H,7,9,12H2,1-3H3. The molecule has 0 aliphatic carbocycles. The third kappa shape index (κ3) is 4.08. The third-order valence-corrected chi connectivity index (χ3v) is 3.61. The molecule has 0 aliphatic heterocycles. The van der Waals surface area contributed by atoms with Crippen LogP contribution in [0, 0.1) is 6.92 Å². The highest BCUT2D eigenvalue weighted by molar-refractivity contribution is 5.46. The van der Waals surface area contributed by atoms with Crippen LogP contribution in [0.2, 0.25) is 0 Å². The summed E-state index contributed by atoms with van der Waals surface area (Å²) in [5.41, 5.74) is 0.276. The fourth-order valence-corrected chi connectivity index (χ4v) is 2.51. The van der Waals surface area contributed by atoms with E-state index in [-0.39, 0.29) is 0 Å². The van der Waals surface area contributed by atoms with Gasteiger partial charge in [-0.05, 0) is 51.0 Å². The van der Waals surface area contributed by atoms with Crippen LogP contribution in [0.4, 0.5) is 0 Å². The van der Waals surface area contributed by atoms with Crippen LogP contribution in [0.15, 0.2) is 41.1 Å². The fraction of sp³-hybridized carbons (Fsp3) is 0.389. The Morgan fingerprint density at radius 2 is 2.04 bits per heavy atom. The summed E-state index contributed by atoms with van der Waals surface area (Å²) in [4.78, 5) is 8.76.